The van der Waals surface area contributed by atoms with Gasteiger partial charge in [0.05, 0.1) is 11.5 Å². The van der Waals surface area contributed by atoms with Gasteiger partial charge in [-0.05, 0) is 60.9 Å². The number of aryl methyl sites for hydroxylation is 1. The van der Waals surface area contributed by atoms with Gasteiger partial charge in [-0.25, -0.2) is 0 Å². The summed E-state index contributed by atoms with van der Waals surface area (Å²) in [6.45, 7) is 5.46. The lowest BCUT2D eigenvalue weighted by Gasteiger charge is -2.44. The van der Waals surface area contributed by atoms with Crippen molar-refractivity contribution in [3.63, 3.8) is 0 Å². The number of carboxylic acid groups (broad SMARTS) is 1. The lowest BCUT2D eigenvalue weighted by atomic mass is 9.83. The summed E-state index contributed by atoms with van der Waals surface area (Å²) in [4.78, 5) is 13.7. The fraction of sp³-hybridized carbons (Fsp3) is 0.519. The number of rotatable bonds is 7. The third-order valence-electron chi connectivity index (χ3n) is 7.56. The Morgan fingerprint density at radius 2 is 1.89 bits per heavy atom. The molecule has 0 spiro atoms. The van der Waals surface area contributed by atoms with Crippen molar-refractivity contribution in [1.82, 2.24) is 4.90 Å². The van der Waals surface area contributed by atoms with Gasteiger partial charge in [0.25, 0.3) is 0 Å². The molecule has 0 amide bonds. The fourth-order valence-corrected chi connectivity index (χ4v) is 5.47. The fourth-order valence-electron chi connectivity index (χ4n) is 5.47. The SMILES string of the molecule is Cc1ccc(C(F)(F)F)c(CN2CC(C3COc4ccc([C@H](C5CC5)[C@H](C)C(=O)O)cc4O3)C2)c1. The van der Waals surface area contributed by atoms with Crippen LogP contribution >= 0.6 is 0 Å². The van der Waals surface area contributed by atoms with E-state index in [0.717, 1.165) is 30.0 Å². The minimum atomic E-state index is -4.37. The lowest BCUT2D eigenvalue weighted by Crippen LogP contribution is -2.55. The highest BCUT2D eigenvalue weighted by molar-refractivity contribution is 5.71. The van der Waals surface area contributed by atoms with E-state index in [1.807, 2.05) is 23.1 Å². The number of halogens is 3. The van der Waals surface area contributed by atoms with E-state index in [2.05, 4.69) is 0 Å². The average Bonchev–Trinajstić information content (AvgIpc) is 3.60. The van der Waals surface area contributed by atoms with Crippen LogP contribution in [-0.4, -0.2) is 41.8 Å². The van der Waals surface area contributed by atoms with Crippen molar-refractivity contribution in [1.29, 1.82) is 0 Å². The smallest absolute Gasteiger partial charge is 0.416 e. The molecule has 0 bridgehead atoms. The van der Waals surface area contributed by atoms with E-state index in [1.54, 1.807) is 19.9 Å². The van der Waals surface area contributed by atoms with Crippen LogP contribution < -0.4 is 9.47 Å². The summed E-state index contributed by atoms with van der Waals surface area (Å²) in [5.41, 5.74) is 1.49. The molecule has 2 aromatic carbocycles. The lowest BCUT2D eigenvalue weighted by molar-refractivity contribution is -0.142. The first-order valence-electron chi connectivity index (χ1n) is 12.2. The molecule has 35 heavy (non-hydrogen) atoms. The quantitative estimate of drug-likeness (QED) is 0.557. The number of hydrogen-bond acceptors (Lipinski definition) is 4. The molecule has 188 valence electrons. The zero-order valence-electron chi connectivity index (χ0n) is 19.8. The molecular weight excluding hydrogens is 459 g/mol. The van der Waals surface area contributed by atoms with Crippen LogP contribution in [0.25, 0.3) is 0 Å². The Kier molecular flexibility index (Phi) is 6.20. The third-order valence-corrected chi connectivity index (χ3v) is 7.56. The predicted molar refractivity (Wildman–Crippen MR) is 124 cm³/mol. The van der Waals surface area contributed by atoms with Crippen molar-refractivity contribution in [2.45, 2.75) is 51.4 Å². The average molecular weight is 490 g/mol. The molecule has 0 radical (unpaired) electrons. The highest BCUT2D eigenvalue weighted by Gasteiger charge is 2.41. The van der Waals surface area contributed by atoms with Gasteiger partial charge in [0.15, 0.2) is 11.5 Å². The number of carbonyl (C=O) groups is 1. The topological polar surface area (TPSA) is 59.0 Å². The Morgan fingerprint density at radius 3 is 2.54 bits per heavy atom. The summed E-state index contributed by atoms with van der Waals surface area (Å²) >= 11 is 0. The molecule has 3 aliphatic rings. The zero-order valence-corrected chi connectivity index (χ0v) is 19.8. The van der Waals surface area contributed by atoms with Gasteiger partial charge < -0.3 is 14.6 Å². The predicted octanol–water partition coefficient (Wildman–Crippen LogP) is 5.50. The van der Waals surface area contributed by atoms with Crippen LogP contribution in [0.3, 0.4) is 0 Å². The monoisotopic (exact) mass is 489 g/mol. The summed E-state index contributed by atoms with van der Waals surface area (Å²) in [5, 5.41) is 9.57. The van der Waals surface area contributed by atoms with Crippen molar-refractivity contribution < 1.29 is 32.5 Å². The van der Waals surface area contributed by atoms with Crippen LogP contribution in [0.15, 0.2) is 36.4 Å². The number of hydrogen-bond donors (Lipinski definition) is 1. The molecule has 1 unspecified atom stereocenters. The number of alkyl halides is 3. The largest absolute Gasteiger partial charge is 0.486 e. The molecular formula is C27H30F3NO4. The van der Waals surface area contributed by atoms with Gasteiger partial charge in [-0.1, -0.05) is 30.7 Å². The van der Waals surface area contributed by atoms with Crippen LogP contribution in [0.5, 0.6) is 11.5 Å². The number of nitrogens with zero attached hydrogens (tertiary/aromatic N) is 1. The Bertz CT molecular complexity index is 1110. The van der Waals surface area contributed by atoms with Crippen LogP contribution in [0.1, 0.15) is 47.9 Å². The maximum atomic E-state index is 13.4. The molecule has 2 aliphatic heterocycles. The molecule has 2 heterocycles. The van der Waals surface area contributed by atoms with Gasteiger partial charge in [0.2, 0.25) is 0 Å². The number of carboxylic acids is 1. The van der Waals surface area contributed by atoms with Gasteiger partial charge >= 0.3 is 12.1 Å². The zero-order chi connectivity index (χ0) is 24.9. The summed E-state index contributed by atoms with van der Waals surface area (Å²) < 4.78 is 52.5. The maximum Gasteiger partial charge on any atom is 0.416 e. The molecule has 1 N–H and O–H groups in total. The molecule has 5 nitrogen and oxygen atoms in total. The van der Waals surface area contributed by atoms with Crippen LogP contribution in [0, 0.1) is 24.7 Å². The number of aliphatic carboxylic acids is 1. The van der Waals surface area contributed by atoms with Crippen LogP contribution in [0.4, 0.5) is 13.2 Å². The Hall–Kier alpha value is -2.74. The van der Waals surface area contributed by atoms with E-state index in [0.29, 0.717) is 42.7 Å². The van der Waals surface area contributed by atoms with E-state index >= 15 is 0 Å². The van der Waals surface area contributed by atoms with Gasteiger partial charge in [-0.15, -0.1) is 0 Å². The van der Waals surface area contributed by atoms with Crippen molar-refractivity contribution in [3.8, 4) is 11.5 Å². The maximum absolute atomic E-state index is 13.4. The Labute approximate surface area is 202 Å². The minimum Gasteiger partial charge on any atom is -0.486 e. The molecule has 8 heteroatoms. The second kappa shape index (κ2) is 9.04. The summed E-state index contributed by atoms with van der Waals surface area (Å²) in [7, 11) is 0. The molecule has 3 atom stereocenters. The molecule has 0 aromatic heterocycles. The van der Waals surface area contributed by atoms with Gasteiger partial charge in [0.1, 0.15) is 12.7 Å². The summed E-state index contributed by atoms with van der Waals surface area (Å²) in [5.74, 6) is 0.464. The second-order valence-electron chi connectivity index (χ2n) is 10.3. The number of benzene rings is 2. The minimum absolute atomic E-state index is 0.0573. The van der Waals surface area contributed by atoms with Crippen molar-refractivity contribution >= 4 is 5.97 Å². The standard InChI is InChI=1S/C27H30F3NO4/c1-15-3-7-21(27(28,29)30)19(9-15)11-31-12-20(13-31)24-14-34-22-8-6-18(10-23(22)35-24)25(17-4-5-17)16(2)26(32)33/h3,6-10,16-17,20,24-25H,4-5,11-14H2,1-2H3,(H,32,33)/t16-,24?,25-/m0/s1. The van der Waals surface area contributed by atoms with E-state index < -0.39 is 23.6 Å². The van der Waals surface area contributed by atoms with Gasteiger partial charge in [0, 0.05) is 25.6 Å². The van der Waals surface area contributed by atoms with Crippen LogP contribution in [-0.2, 0) is 17.5 Å². The molecule has 1 aliphatic carbocycles. The van der Waals surface area contributed by atoms with E-state index in [4.69, 9.17) is 9.47 Å². The molecule has 1 saturated heterocycles. The van der Waals surface area contributed by atoms with Crippen LogP contribution in [0.2, 0.25) is 0 Å². The van der Waals surface area contributed by atoms with Crippen molar-refractivity contribution in [2.24, 2.45) is 17.8 Å². The third kappa shape index (κ3) is 4.99. The molecule has 5 rings (SSSR count). The van der Waals surface area contributed by atoms with E-state index in [-0.39, 0.29) is 24.5 Å². The molecule has 2 fully saturated rings. The van der Waals surface area contributed by atoms with Gasteiger partial charge in [-0.3, -0.25) is 9.69 Å². The van der Waals surface area contributed by atoms with Crippen molar-refractivity contribution in [2.75, 3.05) is 19.7 Å². The second-order valence-corrected chi connectivity index (χ2v) is 10.3. The molecule has 1 saturated carbocycles. The Balaban J connectivity index is 1.24. The first-order chi connectivity index (χ1) is 16.6. The molecule has 2 aromatic rings. The van der Waals surface area contributed by atoms with E-state index in [1.165, 1.54) is 6.07 Å². The number of likely N-dealkylation sites (tertiary alicyclic amines) is 1. The van der Waals surface area contributed by atoms with E-state index in [9.17, 15) is 23.1 Å². The summed E-state index contributed by atoms with van der Waals surface area (Å²) in [6, 6.07) is 9.99. The number of fused-ring (bicyclic) bond motifs is 1. The Morgan fingerprint density at radius 1 is 1.14 bits per heavy atom. The highest BCUT2D eigenvalue weighted by Crippen LogP contribution is 2.48. The first kappa shape index (κ1) is 24.0. The normalized spacial score (nSPS) is 22.4. The summed E-state index contributed by atoms with van der Waals surface area (Å²) in [6.07, 6.45) is -2.49. The van der Waals surface area contributed by atoms with Gasteiger partial charge in [-0.2, -0.15) is 13.2 Å². The number of ether oxygens (including phenoxy) is 2. The highest BCUT2D eigenvalue weighted by atomic mass is 19.4. The first-order valence-corrected chi connectivity index (χ1v) is 12.2. The van der Waals surface area contributed by atoms with Crippen molar-refractivity contribution in [3.05, 3.63) is 58.7 Å².